The van der Waals surface area contributed by atoms with E-state index in [0.717, 1.165) is 19.4 Å². The molecule has 19 heavy (non-hydrogen) atoms. The van der Waals surface area contributed by atoms with Crippen molar-refractivity contribution in [1.29, 1.82) is 0 Å². The van der Waals surface area contributed by atoms with Gasteiger partial charge in [-0.2, -0.15) is 11.3 Å². The molecule has 1 saturated carbocycles. The van der Waals surface area contributed by atoms with Crippen LogP contribution in [0.1, 0.15) is 45.6 Å². The highest BCUT2D eigenvalue weighted by molar-refractivity contribution is 7.07. The molecule has 1 unspecified atom stereocenters. The smallest absolute Gasteiger partial charge is 0.224 e. The standard InChI is InChI=1S/C15H24N2OS/c1-15(2,3)13(16)8-14(18)17(12-4-5-12)9-11-6-7-19-10-11/h6-7,10,12-13H,4-5,8-9,16H2,1-3H3. The van der Waals surface area contributed by atoms with Gasteiger partial charge in [0.05, 0.1) is 0 Å². The third-order valence-electron chi connectivity index (χ3n) is 3.75. The van der Waals surface area contributed by atoms with Gasteiger partial charge in [0, 0.05) is 25.0 Å². The highest BCUT2D eigenvalue weighted by Crippen LogP contribution is 2.30. The van der Waals surface area contributed by atoms with E-state index in [2.05, 4.69) is 37.6 Å². The number of nitrogens with two attached hydrogens (primary N) is 1. The molecule has 1 amide bonds. The van der Waals surface area contributed by atoms with Gasteiger partial charge in [-0.3, -0.25) is 4.79 Å². The second kappa shape index (κ2) is 5.63. The van der Waals surface area contributed by atoms with Crippen LogP contribution in [-0.4, -0.2) is 22.9 Å². The molecule has 1 aliphatic rings. The normalized spacial score (nSPS) is 17.3. The topological polar surface area (TPSA) is 46.3 Å². The molecular formula is C15H24N2OS. The molecule has 1 aromatic heterocycles. The Morgan fingerprint density at radius 3 is 2.68 bits per heavy atom. The molecule has 2 rings (SSSR count). The van der Waals surface area contributed by atoms with Crippen molar-refractivity contribution in [3.63, 3.8) is 0 Å². The molecule has 106 valence electrons. The highest BCUT2D eigenvalue weighted by Gasteiger charge is 2.34. The summed E-state index contributed by atoms with van der Waals surface area (Å²) in [5, 5.41) is 4.18. The first-order chi connectivity index (χ1) is 8.88. The van der Waals surface area contributed by atoms with Gasteiger partial charge in [-0.15, -0.1) is 0 Å². The van der Waals surface area contributed by atoms with Crippen molar-refractivity contribution in [2.75, 3.05) is 0 Å². The van der Waals surface area contributed by atoms with Gasteiger partial charge in [0.1, 0.15) is 0 Å². The van der Waals surface area contributed by atoms with E-state index in [9.17, 15) is 4.79 Å². The average molecular weight is 280 g/mol. The summed E-state index contributed by atoms with van der Waals surface area (Å²) in [7, 11) is 0. The summed E-state index contributed by atoms with van der Waals surface area (Å²) in [6.45, 7) is 7.01. The minimum Gasteiger partial charge on any atom is -0.335 e. The maximum absolute atomic E-state index is 12.5. The van der Waals surface area contributed by atoms with Crippen LogP contribution < -0.4 is 5.73 Å². The van der Waals surface area contributed by atoms with Crippen LogP contribution >= 0.6 is 11.3 Å². The van der Waals surface area contributed by atoms with Gasteiger partial charge in [-0.05, 0) is 40.6 Å². The number of hydrogen-bond donors (Lipinski definition) is 1. The van der Waals surface area contributed by atoms with Gasteiger partial charge < -0.3 is 10.6 Å². The first kappa shape index (κ1) is 14.5. The summed E-state index contributed by atoms with van der Waals surface area (Å²) in [5.41, 5.74) is 7.35. The Hall–Kier alpha value is -0.870. The molecule has 0 saturated heterocycles. The fourth-order valence-electron chi connectivity index (χ4n) is 2.00. The van der Waals surface area contributed by atoms with E-state index in [1.807, 2.05) is 4.90 Å². The van der Waals surface area contributed by atoms with Crippen LogP contribution in [-0.2, 0) is 11.3 Å². The maximum atomic E-state index is 12.5. The minimum atomic E-state index is -0.0799. The van der Waals surface area contributed by atoms with E-state index in [-0.39, 0.29) is 17.4 Å². The summed E-state index contributed by atoms with van der Waals surface area (Å²) in [4.78, 5) is 14.5. The summed E-state index contributed by atoms with van der Waals surface area (Å²) >= 11 is 1.68. The van der Waals surface area contributed by atoms with Crippen molar-refractivity contribution in [2.45, 2.75) is 58.7 Å². The largest absolute Gasteiger partial charge is 0.335 e. The highest BCUT2D eigenvalue weighted by atomic mass is 32.1. The van der Waals surface area contributed by atoms with Crippen LogP contribution in [0.2, 0.25) is 0 Å². The molecule has 0 radical (unpaired) electrons. The van der Waals surface area contributed by atoms with Gasteiger partial charge in [-0.25, -0.2) is 0 Å². The van der Waals surface area contributed by atoms with Crippen molar-refractivity contribution in [1.82, 2.24) is 4.90 Å². The number of carbonyl (C=O) groups excluding carboxylic acids is 1. The van der Waals surface area contributed by atoms with E-state index in [4.69, 9.17) is 5.73 Å². The summed E-state index contributed by atoms with van der Waals surface area (Å²) in [6, 6.07) is 2.46. The van der Waals surface area contributed by atoms with Crippen molar-refractivity contribution < 1.29 is 4.79 Å². The molecule has 1 atom stereocenters. The van der Waals surface area contributed by atoms with Gasteiger partial charge in [-0.1, -0.05) is 20.8 Å². The fraction of sp³-hybridized carbons (Fsp3) is 0.667. The van der Waals surface area contributed by atoms with Crippen LogP contribution in [0.4, 0.5) is 0 Å². The Bertz CT molecular complexity index is 418. The van der Waals surface area contributed by atoms with Crippen LogP contribution in [0.15, 0.2) is 16.8 Å². The van der Waals surface area contributed by atoms with Crippen molar-refractivity contribution in [3.8, 4) is 0 Å². The summed E-state index contributed by atoms with van der Waals surface area (Å²) in [6.07, 6.45) is 2.73. The zero-order valence-electron chi connectivity index (χ0n) is 12.1. The minimum absolute atomic E-state index is 0.0206. The molecule has 0 spiro atoms. The molecule has 4 heteroatoms. The number of amides is 1. The number of rotatable bonds is 5. The Kier molecular flexibility index (Phi) is 4.31. The lowest BCUT2D eigenvalue weighted by molar-refractivity contribution is -0.133. The molecule has 0 aliphatic heterocycles. The summed E-state index contributed by atoms with van der Waals surface area (Å²) in [5.74, 6) is 0.205. The third kappa shape index (κ3) is 4.05. The second-order valence-corrected chi connectivity index (χ2v) is 7.34. The molecule has 1 aromatic rings. The van der Waals surface area contributed by atoms with E-state index in [0.29, 0.717) is 12.5 Å². The van der Waals surface area contributed by atoms with Crippen molar-refractivity contribution >= 4 is 17.2 Å². The second-order valence-electron chi connectivity index (χ2n) is 6.56. The Morgan fingerprint density at radius 1 is 1.53 bits per heavy atom. The Morgan fingerprint density at radius 2 is 2.21 bits per heavy atom. The maximum Gasteiger partial charge on any atom is 0.224 e. The molecule has 1 fully saturated rings. The SMILES string of the molecule is CC(C)(C)C(N)CC(=O)N(Cc1ccsc1)C1CC1. The Balaban J connectivity index is 1.97. The van der Waals surface area contributed by atoms with Crippen LogP contribution in [0.25, 0.3) is 0 Å². The number of thiophene rings is 1. The van der Waals surface area contributed by atoms with Crippen molar-refractivity contribution in [2.24, 2.45) is 11.1 Å². The summed E-state index contributed by atoms with van der Waals surface area (Å²) < 4.78 is 0. The fourth-order valence-corrected chi connectivity index (χ4v) is 2.66. The van der Waals surface area contributed by atoms with E-state index >= 15 is 0 Å². The van der Waals surface area contributed by atoms with Crippen LogP contribution in [0.3, 0.4) is 0 Å². The predicted molar refractivity (Wildman–Crippen MR) is 79.9 cm³/mol. The van der Waals surface area contributed by atoms with E-state index in [1.54, 1.807) is 11.3 Å². The first-order valence-electron chi connectivity index (χ1n) is 6.94. The van der Waals surface area contributed by atoms with Gasteiger partial charge in [0.15, 0.2) is 0 Å². The first-order valence-corrected chi connectivity index (χ1v) is 7.88. The van der Waals surface area contributed by atoms with E-state index < -0.39 is 0 Å². The monoisotopic (exact) mass is 280 g/mol. The van der Waals surface area contributed by atoms with Gasteiger partial charge in [0.25, 0.3) is 0 Å². The lowest BCUT2D eigenvalue weighted by Gasteiger charge is -2.30. The van der Waals surface area contributed by atoms with Gasteiger partial charge >= 0.3 is 0 Å². The number of hydrogen-bond acceptors (Lipinski definition) is 3. The molecule has 3 nitrogen and oxygen atoms in total. The van der Waals surface area contributed by atoms with Crippen LogP contribution in [0.5, 0.6) is 0 Å². The molecular weight excluding hydrogens is 256 g/mol. The average Bonchev–Trinajstić information content (AvgIpc) is 3.02. The molecule has 1 heterocycles. The number of carbonyl (C=O) groups is 1. The quantitative estimate of drug-likeness (QED) is 0.901. The van der Waals surface area contributed by atoms with Gasteiger partial charge in [0.2, 0.25) is 5.91 Å². The number of nitrogens with zero attached hydrogens (tertiary/aromatic N) is 1. The lowest BCUT2D eigenvalue weighted by Crippen LogP contribution is -2.42. The zero-order chi connectivity index (χ0) is 14.0. The van der Waals surface area contributed by atoms with Crippen LogP contribution in [0, 0.1) is 5.41 Å². The molecule has 0 bridgehead atoms. The Labute approximate surface area is 119 Å². The molecule has 2 N–H and O–H groups in total. The molecule has 1 aliphatic carbocycles. The van der Waals surface area contributed by atoms with E-state index in [1.165, 1.54) is 5.56 Å². The van der Waals surface area contributed by atoms with Crippen molar-refractivity contribution in [3.05, 3.63) is 22.4 Å². The third-order valence-corrected chi connectivity index (χ3v) is 4.48. The lowest BCUT2D eigenvalue weighted by atomic mass is 9.85. The molecule has 0 aromatic carbocycles. The predicted octanol–water partition coefficient (Wildman–Crippen LogP) is 3.00. The zero-order valence-corrected chi connectivity index (χ0v) is 12.9.